The normalized spacial score (nSPS) is 14.7. The summed E-state index contributed by atoms with van der Waals surface area (Å²) in [5.74, 6) is -1.39. The molecule has 0 saturated carbocycles. The van der Waals surface area contributed by atoms with Gasteiger partial charge in [0.25, 0.3) is 0 Å². The molecule has 0 saturated heterocycles. The van der Waals surface area contributed by atoms with Crippen molar-refractivity contribution in [2.45, 2.75) is 25.7 Å². The molecule has 0 fully saturated rings. The molecule has 0 aliphatic carbocycles. The van der Waals surface area contributed by atoms with Gasteiger partial charge in [0, 0.05) is 48.7 Å². The van der Waals surface area contributed by atoms with Crippen molar-refractivity contribution in [1.29, 1.82) is 0 Å². The number of halogens is 4. The Morgan fingerprint density at radius 3 is 2.58 bits per heavy atom. The molecular weight excluding hydrogens is 408 g/mol. The number of hydrogen-bond acceptors (Lipinski definition) is 3. The first kappa shape index (κ1) is 19.7. The van der Waals surface area contributed by atoms with Gasteiger partial charge in [0.1, 0.15) is 5.82 Å². The first-order valence-corrected chi connectivity index (χ1v) is 9.88. The van der Waals surface area contributed by atoms with Crippen LogP contribution in [0.25, 0.3) is 22.2 Å². The lowest BCUT2D eigenvalue weighted by Crippen LogP contribution is -2.31. The van der Waals surface area contributed by atoms with E-state index in [1.54, 1.807) is 12.1 Å². The standard InChI is InChI=1S/C23H18F4N4/c24-16-7-5-14(6-8-16)21-18(17-3-1-2-4-20(17)29-21)13-31-10-9-19-15(12-31)11-28-22(30-19)23(25,26)27/h1-8,11,29H,9-10,12-13H2. The minimum Gasteiger partial charge on any atom is -0.354 e. The first-order chi connectivity index (χ1) is 14.9. The molecule has 2 aromatic heterocycles. The smallest absolute Gasteiger partial charge is 0.354 e. The fraction of sp³-hybridized carbons (Fsp3) is 0.217. The summed E-state index contributed by atoms with van der Waals surface area (Å²) in [7, 11) is 0. The maximum atomic E-state index is 13.4. The Hall–Kier alpha value is -3.26. The van der Waals surface area contributed by atoms with E-state index in [9.17, 15) is 17.6 Å². The number of aromatic nitrogens is 3. The Labute approximate surface area is 175 Å². The third kappa shape index (κ3) is 3.79. The molecule has 3 heterocycles. The van der Waals surface area contributed by atoms with Crippen molar-refractivity contribution in [2.75, 3.05) is 6.54 Å². The average Bonchev–Trinajstić information content (AvgIpc) is 3.11. The second-order valence-corrected chi connectivity index (χ2v) is 7.65. The van der Waals surface area contributed by atoms with E-state index in [1.165, 1.54) is 18.3 Å². The van der Waals surface area contributed by atoms with Crippen molar-refractivity contribution in [2.24, 2.45) is 0 Å². The molecule has 1 aliphatic rings. The maximum Gasteiger partial charge on any atom is 0.451 e. The Balaban J connectivity index is 1.47. The topological polar surface area (TPSA) is 44.8 Å². The van der Waals surface area contributed by atoms with E-state index in [0.29, 0.717) is 37.3 Å². The summed E-state index contributed by atoms with van der Waals surface area (Å²) in [6.45, 7) is 1.65. The van der Waals surface area contributed by atoms with E-state index in [2.05, 4.69) is 19.9 Å². The molecule has 0 atom stereocenters. The number of benzene rings is 2. The highest BCUT2D eigenvalue weighted by molar-refractivity contribution is 5.90. The molecule has 0 spiro atoms. The molecule has 0 unspecified atom stereocenters. The second-order valence-electron chi connectivity index (χ2n) is 7.65. The monoisotopic (exact) mass is 426 g/mol. The number of fused-ring (bicyclic) bond motifs is 2. The van der Waals surface area contributed by atoms with Gasteiger partial charge in [-0.15, -0.1) is 0 Å². The highest BCUT2D eigenvalue weighted by Crippen LogP contribution is 2.33. The molecule has 8 heteroatoms. The van der Waals surface area contributed by atoms with Gasteiger partial charge in [0.2, 0.25) is 5.82 Å². The summed E-state index contributed by atoms with van der Waals surface area (Å²) in [4.78, 5) is 12.9. The van der Waals surface area contributed by atoms with Gasteiger partial charge >= 0.3 is 6.18 Å². The van der Waals surface area contributed by atoms with Gasteiger partial charge in [-0.05, 0) is 41.5 Å². The van der Waals surface area contributed by atoms with Crippen LogP contribution in [0.4, 0.5) is 17.6 Å². The highest BCUT2D eigenvalue weighted by atomic mass is 19.4. The maximum absolute atomic E-state index is 13.4. The summed E-state index contributed by atoms with van der Waals surface area (Å²) in [5.41, 5.74) is 5.00. The lowest BCUT2D eigenvalue weighted by Gasteiger charge is -2.28. The first-order valence-electron chi connectivity index (χ1n) is 9.88. The lowest BCUT2D eigenvalue weighted by molar-refractivity contribution is -0.145. The molecule has 158 valence electrons. The van der Waals surface area contributed by atoms with Crippen LogP contribution < -0.4 is 0 Å². The summed E-state index contributed by atoms with van der Waals surface area (Å²) < 4.78 is 52.1. The molecule has 4 aromatic rings. The van der Waals surface area contributed by atoms with Gasteiger partial charge in [-0.1, -0.05) is 18.2 Å². The van der Waals surface area contributed by atoms with Crippen molar-refractivity contribution in [3.05, 3.63) is 83.2 Å². The highest BCUT2D eigenvalue weighted by Gasteiger charge is 2.35. The summed E-state index contributed by atoms with van der Waals surface area (Å²) in [6, 6.07) is 14.3. The van der Waals surface area contributed by atoms with Crippen molar-refractivity contribution < 1.29 is 17.6 Å². The van der Waals surface area contributed by atoms with Gasteiger partial charge in [-0.25, -0.2) is 14.4 Å². The lowest BCUT2D eigenvalue weighted by atomic mass is 10.0. The Morgan fingerprint density at radius 1 is 1.03 bits per heavy atom. The summed E-state index contributed by atoms with van der Waals surface area (Å²) >= 11 is 0. The van der Waals surface area contributed by atoms with Crippen LogP contribution in [-0.4, -0.2) is 26.4 Å². The number of para-hydroxylation sites is 1. The van der Waals surface area contributed by atoms with Crippen LogP contribution in [-0.2, 0) is 25.7 Å². The molecule has 0 radical (unpaired) electrons. The van der Waals surface area contributed by atoms with Crippen molar-refractivity contribution >= 4 is 10.9 Å². The third-order valence-corrected chi connectivity index (χ3v) is 5.59. The van der Waals surface area contributed by atoms with Crippen LogP contribution in [0.1, 0.15) is 22.6 Å². The van der Waals surface area contributed by atoms with Gasteiger partial charge in [0.15, 0.2) is 0 Å². The fourth-order valence-corrected chi connectivity index (χ4v) is 4.10. The van der Waals surface area contributed by atoms with Crippen molar-refractivity contribution in [1.82, 2.24) is 19.9 Å². The van der Waals surface area contributed by atoms with Crippen LogP contribution in [0.3, 0.4) is 0 Å². The number of nitrogens with zero attached hydrogens (tertiary/aromatic N) is 3. The molecule has 0 amide bonds. The molecule has 31 heavy (non-hydrogen) atoms. The van der Waals surface area contributed by atoms with Crippen LogP contribution >= 0.6 is 0 Å². The average molecular weight is 426 g/mol. The van der Waals surface area contributed by atoms with E-state index in [0.717, 1.165) is 27.7 Å². The third-order valence-electron chi connectivity index (χ3n) is 5.59. The predicted octanol–water partition coefficient (Wildman–Crippen LogP) is 5.34. The van der Waals surface area contributed by atoms with E-state index in [1.807, 2.05) is 24.3 Å². The van der Waals surface area contributed by atoms with Gasteiger partial charge in [0.05, 0.1) is 11.4 Å². The number of rotatable bonds is 3. The molecule has 4 nitrogen and oxygen atoms in total. The number of alkyl halides is 3. The van der Waals surface area contributed by atoms with E-state index < -0.39 is 12.0 Å². The second kappa shape index (κ2) is 7.46. The molecule has 1 N–H and O–H groups in total. The molecule has 0 bridgehead atoms. The molecular formula is C23H18F4N4. The zero-order valence-electron chi connectivity index (χ0n) is 16.4. The molecule has 1 aliphatic heterocycles. The Morgan fingerprint density at radius 2 is 1.81 bits per heavy atom. The van der Waals surface area contributed by atoms with Crippen LogP contribution in [0.2, 0.25) is 0 Å². The molecule has 2 aromatic carbocycles. The summed E-state index contributed by atoms with van der Waals surface area (Å²) in [5, 5.41) is 1.07. The minimum absolute atomic E-state index is 0.299. The van der Waals surface area contributed by atoms with Crippen LogP contribution in [0.5, 0.6) is 0 Å². The van der Waals surface area contributed by atoms with Crippen molar-refractivity contribution in [3.63, 3.8) is 0 Å². The Bertz CT molecular complexity index is 1240. The SMILES string of the molecule is Fc1ccc(-c2[nH]c3ccccc3c2CN2CCc3nc(C(F)(F)F)ncc3C2)cc1. The van der Waals surface area contributed by atoms with E-state index in [4.69, 9.17) is 0 Å². The zero-order chi connectivity index (χ0) is 21.6. The van der Waals surface area contributed by atoms with Crippen LogP contribution in [0, 0.1) is 5.82 Å². The largest absolute Gasteiger partial charge is 0.451 e. The number of aromatic amines is 1. The quantitative estimate of drug-likeness (QED) is 0.450. The van der Waals surface area contributed by atoms with Gasteiger partial charge in [-0.3, -0.25) is 4.90 Å². The van der Waals surface area contributed by atoms with Crippen molar-refractivity contribution in [3.8, 4) is 11.3 Å². The summed E-state index contributed by atoms with van der Waals surface area (Å²) in [6.07, 6.45) is -2.83. The zero-order valence-corrected chi connectivity index (χ0v) is 16.4. The minimum atomic E-state index is -4.54. The number of hydrogen-bond donors (Lipinski definition) is 1. The Kier molecular flexibility index (Phi) is 4.74. The number of H-pyrrole nitrogens is 1. The fourth-order valence-electron chi connectivity index (χ4n) is 4.10. The van der Waals surface area contributed by atoms with E-state index in [-0.39, 0.29) is 5.82 Å². The number of nitrogens with one attached hydrogen (secondary N) is 1. The van der Waals surface area contributed by atoms with Gasteiger partial charge in [-0.2, -0.15) is 13.2 Å². The van der Waals surface area contributed by atoms with Crippen LogP contribution in [0.15, 0.2) is 54.7 Å². The van der Waals surface area contributed by atoms with E-state index >= 15 is 0 Å². The molecule has 5 rings (SSSR count). The predicted molar refractivity (Wildman–Crippen MR) is 109 cm³/mol. The van der Waals surface area contributed by atoms with Gasteiger partial charge < -0.3 is 4.98 Å².